The van der Waals surface area contributed by atoms with E-state index >= 15 is 0 Å². The lowest BCUT2D eigenvalue weighted by molar-refractivity contribution is 1.12. The summed E-state index contributed by atoms with van der Waals surface area (Å²) in [5.41, 5.74) is 3.40. The molecule has 0 amide bonds. The Morgan fingerprint density at radius 1 is 1.07 bits per heavy atom. The summed E-state index contributed by atoms with van der Waals surface area (Å²) in [7, 11) is 0. The van der Waals surface area contributed by atoms with E-state index in [1.54, 1.807) is 11.8 Å². The van der Waals surface area contributed by atoms with E-state index < -0.39 is 0 Å². The Labute approximate surface area is 86.4 Å². The fourth-order valence-electron chi connectivity index (χ4n) is 1.62. The summed E-state index contributed by atoms with van der Waals surface area (Å²) < 4.78 is 0. The average molecular weight is 200 g/mol. The zero-order valence-electron chi connectivity index (χ0n) is 7.47. The number of fused-ring (bicyclic) bond motifs is 3. The summed E-state index contributed by atoms with van der Waals surface area (Å²) in [5, 5.41) is 0. The molecular formula is C11H8N2S. The van der Waals surface area contributed by atoms with E-state index in [9.17, 15) is 0 Å². The van der Waals surface area contributed by atoms with Crippen molar-refractivity contribution in [2.75, 3.05) is 0 Å². The minimum absolute atomic E-state index is 0.953. The highest BCUT2D eigenvalue weighted by atomic mass is 32.2. The summed E-state index contributed by atoms with van der Waals surface area (Å²) in [6, 6.07) is 8.15. The third-order valence-electron chi connectivity index (χ3n) is 2.28. The van der Waals surface area contributed by atoms with Crippen LogP contribution in [0, 0.1) is 0 Å². The largest absolute Gasteiger partial charge is 0.260 e. The normalized spacial score (nSPS) is 13.1. The molecule has 3 heterocycles. The molecule has 2 aromatic heterocycles. The maximum absolute atomic E-state index is 4.40. The van der Waals surface area contributed by atoms with Crippen LogP contribution in [-0.2, 0) is 5.75 Å². The molecule has 2 nitrogen and oxygen atoms in total. The third-order valence-corrected chi connectivity index (χ3v) is 3.34. The van der Waals surface area contributed by atoms with Gasteiger partial charge in [-0.05, 0) is 24.3 Å². The highest BCUT2D eigenvalue weighted by Gasteiger charge is 2.17. The van der Waals surface area contributed by atoms with Crippen molar-refractivity contribution in [2.45, 2.75) is 10.6 Å². The van der Waals surface area contributed by atoms with Gasteiger partial charge in [0.15, 0.2) is 0 Å². The van der Waals surface area contributed by atoms with Crippen LogP contribution in [0.3, 0.4) is 0 Å². The Hall–Kier alpha value is -1.35. The van der Waals surface area contributed by atoms with Gasteiger partial charge in [0.05, 0.1) is 11.4 Å². The first-order valence-corrected chi connectivity index (χ1v) is 5.46. The molecular weight excluding hydrogens is 192 g/mol. The number of nitrogens with zero attached hydrogens (tertiary/aromatic N) is 2. The van der Waals surface area contributed by atoms with Crippen molar-refractivity contribution in [2.24, 2.45) is 0 Å². The molecule has 1 aliphatic rings. The van der Waals surface area contributed by atoms with Gasteiger partial charge in [-0.1, -0.05) is 0 Å². The van der Waals surface area contributed by atoms with Gasteiger partial charge >= 0.3 is 0 Å². The van der Waals surface area contributed by atoms with Crippen molar-refractivity contribution in [3.63, 3.8) is 0 Å². The summed E-state index contributed by atoms with van der Waals surface area (Å²) >= 11 is 1.81. The minimum Gasteiger partial charge on any atom is -0.260 e. The topological polar surface area (TPSA) is 25.8 Å². The molecule has 2 aromatic rings. The second-order valence-electron chi connectivity index (χ2n) is 3.14. The van der Waals surface area contributed by atoms with E-state index in [0.717, 1.165) is 17.1 Å². The summed E-state index contributed by atoms with van der Waals surface area (Å²) in [6.45, 7) is 0. The van der Waals surface area contributed by atoms with Crippen LogP contribution in [0.25, 0.3) is 11.3 Å². The molecule has 0 N–H and O–H groups in total. The zero-order chi connectivity index (χ0) is 9.38. The number of pyridine rings is 2. The van der Waals surface area contributed by atoms with Crippen molar-refractivity contribution in [1.29, 1.82) is 0 Å². The Kier molecular flexibility index (Phi) is 1.77. The molecule has 0 fully saturated rings. The Morgan fingerprint density at radius 2 is 1.93 bits per heavy atom. The van der Waals surface area contributed by atoms with Gasteiger partial charge in [-0.25, -0.2) is 0 Å². The van der Waals surface area contributed by atoms with Crippen LogP contribution in [0.5, 0.6) is 0 Å². The van der Waals surface area contributed by atoms with Crippen LogP contribution >= 0.6 is 11.8 Å². The molecule has 3 rings (SSSR count). The highest BCUT2D eigenvalue weighted by Crippen LogP contribution is 2.38. The lowest BCUT2D eigenvalue weighted by Gasteiger charge is -2.16. The monoisotopic (exact) mass is 200 g/mol. The Bertz CT molecular complexity index is 437. The number of hydrogen-bond acceptors (Lipinski definition) is 3. The number of thioether (sulfide) groups is 1. The van der Waals surface area contributed by atoms with Gasteiger partial charge in [-0.3, -0.25) is 9.97 Å². The average Bonchev–Trinajstić information content (AvgIpc) is 2.29. The second-order valence-corrected chi connectivity index (χ2v) is 4.15. The van der Waals surface area contributed by atoms with Crippen LogP contribution in [0.4, 0.5) is 0 Å². The van der Waals surface area contributed by atoms with Crippen LogP contribution in [0.15, 0.2) is 41.6 Å². The number of aromatic nitrogens is 2. The van der Waals surface area contributed by atoms with E-state index in [4.69, 9.17) is 0 Å². The van der Waals surface area contributed by atoms with Crippen molar-refractivity contribution < 1.29 is 0 Å². The quantitative estimate of drug-likeness (QED) is 0.654. The standard InChI is InChI=1S/C11H8N2S/c1-3-8-9(12-5-1)7-14-10-4-2-6-13-11(8)10/h1-6H,7H2. The van der Waals surface area contributed by atoms with Crippen LogP contribution in [-0.4, -0.2) is 9.97 Å². The van der Waals surface area contributed by atoms with Crippen molar-refractivity contribution in [1.82, 2.24) is 9.97 Å². The summed E-state index contributed by atoms with van der Waals surface area (Å²) in [4.78, 5) is 10.0. The van der Waals surface area contributed by atoms with Crippen LogP contribution in [0.1, 0.15) is 5.69 Å². The van der Waals surface area contributed by atoms with E-state index in [1.807, 2.05) is 24.5 Å². The molecule has 0 aliphatic carbocycles. The molecule has 0 saturated heterocycles. The SMILES string of the molecule is c1cnc2c(c1)SCc1ncccc1-2. The van der Waals surface area contributed by atoms with Gasteiger partial charge in [0.1, 0.15) is 0 Å². The summed E-state index contributed by atoms with van der Waals surface area (Å²) in [5.74, 6) is 0.953. The predicted molar refractivity (Wildman–Crippen MR) is 57.0 cm³/mol. The highest BCUT2D eigenvalue weighted by molar-refractivity contribution is 7.98. The fraction of sp³-hybridized carbons (Fsp3) is 0.0909. The first kappa shape index (κ1) is 8.00. The third kappa shape index (κ3) is 1.13. The molecule has 14 heavy (non-hydrogen) atoms. The lowest BCUT2D eigenvalue weighted by atomic mass is 10.1. The zero-order valence-corrected chi connectivity index (χ0v) is 8.29. The molecule has 0 spiro atoms. The van der Waals surface area contributed by atoms with Crippen LogP contribution in [0.2, 0.25) is 0 Å². The first-order chi connectivity index (χ1) is 6.95. The number of rotatable bonds is 0. The fourth-order valence-corrected chi connectivity index (χ4v) is 2.62. The Balaban J connectivity index is 2.29. The van der Waals surface area contributed by atoms with Gasteiger partial charge in [0.25, 0.3) is 0 Å². The molecule has 0 radical (unpaired) electrons. The van der Waals surface area contributed by atoms with Gasteiger partial charge in [0, 0.05) is 28.6 Å². The van der Waals surface area contributed by atoms with Gasteiger partial charge in [-0.15, -0.1) is 11.8 Å². The number of hydrogen-bond donors (Lipinski definition) is 0. The predicted octanol–water partition coefficient (Wildman–Crippen LogP) is 2.75. The van der Waals surface area contributed by atoms with E-state index in [1.165, 1.54) is 10.5 Å². The maximum atomic E-state index is 4.40. The Morgan fingerprint density at radius 3 is 2.93 bits per heavy atom. The molecule has 0 unspecified atom stereocenters. The van der Waals surface area contributed by atoms with Crippen molar-refractivity contribution >= 4 is 11.8 Å². The minimum atomic E-state index is 0.953. The molecule has 0 bridgehead atoms. The van der Waals surface area contributed by atoms with Crippen LogP contribution < -0.4 is 0 Å². The molecule has 0 aromatic carbocycles. The van der Waals surface area contributed by atoms with Gasteiger partial charge < -0.3 is 0 Å². The van der Waals surface area contributed by atoms with E-state index in [2.05, 4.69) is 22.1 Å². The lowest BCUT2D eigenvalue weighted by Crippen LogP contribution is -1.99. The van der Waals surface area contributed by atoms with Crippen molar-refractivity contribution in [3.05, 3.63) is 42.4 Å². The molecule has 0 saturated carbocycles. The maximum Gasteiger partial charge on any atom is 0.0856 e. The van der Waals surface area contributed by atoms with Gasteiger partial charge in [0.2, 0.25) is 0 Å². The molecule has 68 valence electrons. The molecule has 0 atom stereocenters. The van der Waals surface area contributed by atoms with Gasteiger partial charge in [-0.2, -0.15) is 0 Å². The summed E-state index contributed by atoms with van der Waals surface area (Å²) in [6.07, 6.45) is 3.68. The van der Waals surface area contributed by atoms with Crippen molar-refractivity contribution in [3.8, 4) is 11.3 Å². The first-order valence-electron chi connectivity index (χ1n) is 4.47. The van der Waals surface area contributed by atoms with E-state index in [0.29, 0.717) is 0 Å². The molecule has 1 aliphatic heterocycles. The smallest absolute Gasteiger partial charge is 0.0856 e. The molecule has 3 heteroatoms. The van der Waals surface area contributed by atoms with E-state index in [-0.39, 0.29) is 0 Å². The second kappa shape index (κ2) is 3.10.